The van der Waals surface area contributed by atoms with Crippen molar-refractivity contribution in [3.63, 3.8) is 0 Å². The Morgan fingerprint density at radius 3 is 1.67 bits per heavy atom. The molecule has 7 spiro atoms. The Balaban J connectivity index is 0.996. The molecule has 0 aromatic carbocycles. The van der Waals surface area contributed by atoms with Gasteiger partial charge in [-0.3, -0.25) is 14.4 Å². The van der Waals surface area contributed by atoms with E-state index in [0.717, 1.165) is 5.57 Å². The summed E-state index contributed by atoms with van der Waals surface area (Å²) in [5.74, 6) is -8.03. The van der Waals surface area contributed by atoms with Gasteiger partial charge < -0.3 is 43.4 Å². The van der Waals surface area contributed by atoms with Crippen LogP contribution in [0.5, 0.6) is 0 Å². The van der Waals surface area contributed by atoms with Gasteiger partial charge in [-0.1, -0.05) is 40.9 Å². The number of ketones is 3. The quantitative estimate of drug-likeness (QED) is 0.307. The molecular weight excluding hydrogens is 769 g/mol. The summed E-state index contributed by atoms with van der Waals surface area (Å²) in [4.78, 5) is 46.6. The van der Waals surface area contributed by atoms with Gasteiger partial charge in [0.1, 0.15) is 28.8 Å². The van der Waals surface area contributed by atoms with Crippen LogP contribution in [0.25, 0.3) is 0 Å². The van der Waals surface area contributed by atoms with Gasteiger partial charge in [0.15, 0.2) is 34.5 Å². The van der Waals surface area contributed by atoms with Gasteiger partial charge in [0.25, 0.3) is 0 Å². The highest BCUT2D eigenvalue weighted by Gasteiger charge is 2.93. The molecule has 0 amide bonds. The van der Waals surface area contributed by atoms with E-state index in [1.165, 1.54) is 0 Å². The standard InChI is InChI=1S/C48H60O12/c1-21-24-11-13-26-43-19-54-47(45(26,30(21)49)35(24)56-40(7,8)59-47)32(51)28(43)38(3,4)17-23-15-16-42(58-34(23)43)18-39(5,6)29-33(52)48-46-27(44(29,20-55-48)37(42)53)14-12-25(22(2)31(46)50)36(46)57-41(9,10)60-48/h24-29,32-33,35-36,51-52H,1-2,11-20H2,3-10H3/t24-,25-,26-,27-,28+,29+,32-,33-,35+,36+,42+,43-,44-,45-,46-,47+,48+/m0/s1. The van der Waals surface area contributed by atoms with Crippen molar-refractivity contribution in [3.05, 3.63) is 35.6 Å². The van der Waals surface area contributed by atoms with Gasteiger partial charge in [0.2, 0.25) is 11.6 Å². The van der Waals surface area contributed by atoms with Crippen molar-refractivity contribution in [2.24, 2.45) is 68.0 Å². The lowest BCUT2D eigenvalue weighted by Crippen LogP contribution is -2.90. The lowest BCUT2D eigenvalue weighted by molar-refractivity contribution is -0.528. The number of carbonyl (C=O) groups is 3. The predicted octanol–water partition coefficient (Wildman–Crippen LogP) is 5.23. The lowest BCUT2D eigenvalue weighted by atomic mass is 9.33. The molecule has 15 aliphatic rings. The number of fused-ring (bicyclic) bond motifs is 2. The first-order chi connectivity index (χ1) is 27.9. The number of aliphatic hydroxyl groups is 2. The summed E-state index contributed by atoms with van der Waals surface area (Å²) in [5.41, 5.74) is -5.61. The number of aliphatic hydroxyl groups excluding tert-OH is 2. The SMILES string of the molecule is C=C1C(=O)[C@@]23[C@@H]4OC(C)(C)O[C@@]25OC[C@]2(C(=O)[C@@]6(CCC7=C(O6)[C@@]68CO[C@@]9(OC(C)(C)O[C@@H]%10[C@H]%11CC[C@@H]6[C@]%109C(=O)C%11=C)[C@@H](O)[C@@H]8C(C)(C)C7)CC(C)(C)[C@H]2[C@@H]5O)[C@@H]3CC[C@@H]14. The van der Waals surface area contributed by atoms with E-state index in [2.05, 4.69) is 40.9 Å². The topological polar surface area (TPSA) is 156 Å². The molecule has 0 aromatic rings. The maximum atomic E-state index is 16.5. The maximum Gasteiger partial charge on any atom is 0.213 e. The number of rotatable bonds is 0. The Morgan fingerprint density at radius 1 is 0.650 bits per heavy atom. The molecule has 6 saturated heterocycles. The van der Waals surface area contributed by atoms with Gasteiger partial charge in [0.05, 0.1) is 36.3 Å². The molecule has 17 atom stereocenters. The van der Waals surface area contributed by atoms with Crippen molar-refractivity contribution >= 4 is 17.3 Å². The molecule has 15 rings (SSSR count). The number of hydrogen-bond donors (Lipinski definition) is 2. The molecule has 0 unspecified atom stereocenters. The van der Waals surface area contributed by atoms with Crippen molar-refractivity contribution in [3.8, 4) is 0 Å². The van der Waals surface area contributed by atoms with Gasteiger partial charge in [-0.15, -0.1) is 0 Å². The molecular formula is C48H60O12. The van der Waals surface area contributed by atoms with Crippen LogP contribution in [0.15, 0.2) is 35.6 Å². The van der Waals surface area contributed by atoms with Crippen molar-refractivity contribution < 1.29 is 57.8 Å². The number of allylic oxidation sites excluding steroid dienone is 1. The summed E-state index contributed by atoms with van der Waals surface area (Å²) in [7, 11) is 0. The Hall–Kier alpha value is -2.29. The Morgan fingerprint density at radius 2 is 1.13 bits per heavy atom. The average molecular weight is 829 g/mol. The number of hydrogen-bond acceptors (Lipinski definition) is 12. The van der Waals surface area contributed by atoms with E-state index in [4.69, 9.17) is 33.2 Å². The van der Waals surface area contributed by atoms with Gasteiger partial charge in [-0.05, 0) is 118 Å². The van der Waals surface area contributed by atoms with Gasteiger partial charge >= 0.3 is 0 Å². The van der Waals surface area contributed by atoms with Crippen LogP contribution in [0.4, 0.5) is 0 Å². The molecule has 12 heteroatoms. The van der Waals surface area contributed by atoms with E-state index in [-0.39, 0.29) is 48.3 Å². The molecule has 0 aromatic heterocycles. The third-order valence-corrected chi connectivity index (χ3v) is 19.9. The van der Waals surface area contributed by atoms with E-state index >= 15 is 14.4 Å². The lowest BCUT2D eigenvalue weighted by Gasteiger charge is -2.78. The Kier molecular flexibility index (Phi) is 6.46. The molecule has 324 valence electrons. The van der Waals surface area contributed by atoms with Crippen LogP contribution in [0.2, 0.25) is 0 Å². The zero-order chi connectivity index (χ0) is 42.3. The monoisotopic (exact) mass is 828 g/mol. The van der Waals surface area contributed by atoms with Gasteiger partial charge in [0, 0.05) is 23.7 Å². The second-order valence-electron chi connectivity index (χ2n) is 24.0. The highest BCUT2D eigenvalue weighted by Crippen LogP contribution is 2.83. The van der Waals surface area contributed by atoms with Crippen molar-refractivity contribution in [1.29, 1.82) is 0 Å². The molecule has 7 saturated carbocycles. The first-order valence-electron chi connectivity index (χ1n) is 22.8. The Labute approximate surface area is 351 Å². The third-order valence-electron chi connectivity index (χ3n) is 19.9. The van der Waals surface area contributed by atoms with E-state index in [9.17, 15) is 10.2 Å². The van der Waals surface area contributed by atoms with Gasteiger partial charge in [-0.2, -0.15) is 0 Å². The summed E-state index contributed by atoms with van der Waals surface area (Å²) >= 11 is 0. The first-order valence-corrected chi connectivity index (χ1v) is 22.8. The number of carbonyl (C=O) groups excluding carboxylic acids is 3. The van der Waals surface area contributed by atoms with Crippen LogP contribution >= 0.6 is 0 Å². The highest BCUT2D eigenvalue weighted by atomic mass is 16.8. The Bertz CT molecular complexity index is 2240. The fraction of sp³-hybridized carbons (Fsp3) is 0.812. The molecule has 7 aliphatic heterocycles. The van der Waals surface area contributed by atoms with E-state index < -0.39 is 103 Å². The van der Waals surface area contributed by atoms with Crippen LogP contribution < -0.4 is 0 Å². The summed E-state index contributed by atoms with van der Waals surface area (Å²) in [5, 5.41) is 26.1. The zero-order valence-corrected chi connectivity index (χ0v) is 36.2. The molecule has 7 heterocycles. The molecule has 13 fully saturated rings. The molecule has 8 aliphatic carbocycles. The largest absolute Gasteiger partial charge is 0.483 e. The molecule has 2 N–H and O–H groups in total. The number of ether oxygens (including phenoxy) is 7. The molecule has 60 heavy (non-hydrogen) atoms. The normalized spacial score (nSPS) is 58.3. The first kappa shape index (κ1) is 38.2. The van der Waals surface area contributed by atoms with E-state index in [1.54, 1.807) is 13.8 Å². The summed E-state index contributed by atoms with van der Waals surface area (Å²) in [6, 6.07) is 0. The van der Waals surface area contributed by atoms with Crippen LogP contribution in [0, 0.1) is 68.0 Å². The van der Waals surface area contributed by atoms with Crippen molar-refractivity contribution in [1.82, 2.24) is 0 Å². The predicted molar refractivity (Wildman–Crippen MR) is 209 cm³/mol. The van der Waals surface area contributed by atoms with Crippen LogP contribution in [-0.4, -0.2) is 93.9 Å². The highest BCUT2D eigenvalue weighted by molar-refractivity contribution is 6.07. The van der Waals surface area contributed by atoms with E-state index in [1.807, 2.05) is 13.8 Å². The average Bonchev–Trinajstić information content (AvgIpc) is 3.34. The molecule has 8 bridgehead atoms. The maximum absolute atomic E-state index is 16.5. The van der Waals surface area contributed by atoms with Gasteiger partial charge in [-0.25, -0.2) is 0 Å². The van der Waals surface area contributed by atoms with Crippen LogP contribution in [-0.2, 0) is 47.5 Å². The smallest absolute Gasteiger partial charge is 0.213 e. The van der Waals surface area contributed by atoms with Crippen LogP contribution in [0.3, 0.4) is 0 Å². The van der Waals surface area contributed by atoms with E-state index in [0.29, 0.717) is 68.3 Å². The minimum atomic E-state index is -1.71. The minimum absolute atomic E-state index is 0.0192. The minimum Gasteiger partial charge on any atom is -0.483 e. The fourth-order valence-corrected chi connectivity index (χ4v) is 19.1. The fourth-order valence-electron chi connectivity index (χ4n) is 19.1. The molecule has 0 radical (unpaired) electrons. The van der Waals surface area contributed by atoms with Crippen molar-refractivity contribution in [2.75, 3.05) is 13.2 Å². The van der Waals surface area contributed by atoms with Crippen molar-refractivity contribution in [2.45, 2.75) is 160 Å². The zero-order valence-electron chi connectivity index (χ0n) is 36.2. The second-order valence-corrected chi connectivity index (χ2v) is 24.0. The second kappa shape index (κ2) is 10.1. The van der Waals surface area contributed by atoms with Crippen LogP contribution in [0.1, 0.15) is 107 Å². The summed E-state index contributed by atoms with van der Waals surface area (Å²) in [6.45, 7) is 24.7. The third kappa shape index (κ3) is 3.39. The number of Topliss-reactive ketones (excluding diaryl/α,β-unsaturated/α-hetero) is 3. The summed E-state index contributed by atoms with van der Waals surface area (Å²) < 4.78 is 48.8. The molecule has 12 nitrogen and oxygen atoms in total. The summed E-state index contributed by atoms with van der Waals surface area (Å²) in [6.07, 6.45) is 0.649.